The molecule has 2 heterocycles. The van der Waals surface area contributed by atoms with Crippen LogP contribution in [-0.4, -0.2) is 29.6 Å². The van der Waals surface area contributed by atoms with Crippen molar-refractivity contribution in [2.45, 2.75) is 82.8 Å². The lowest BCUT2D eigenvalue weighted by atomic mass is 9.81. The van der Waals surface area contributed by atoms with Crippen molar-refractivity contribution >= 4 is 0 Å². The van der Waals surface area contributed by atoms with Gasteiger partial charge in [-0.25, -0.2) is 0 Å². The second kappa shape index (κ2) is 4.55. The van der Waals surface area contributed by atoms with Gasteiger partial charge in [0.05, 0.1) is 0 Å². The van der Waals surface area contributed by atoms with E-state index in [0.717, 1.165) is 12.1 Å². The summed E-state index contributed by atoms with van der Waals surface area (Å²) in [5.74, 6) is 0. The van der Waals surface area contributed by atoms with Gasteiger partial charge < -0.3 is 5.73 Å². The number of piperidine rings is 1. The summed E-state index contributed by atoms with van der Waals surface area (Å²) in [6.45, 7) is 3.79. The van der Waals surface area contributed by atoms with Crippen LogP contribution in [0.4, 0.5) is 0 Å². The van der Waals surface area contributed by atoms with Crippen LogP contribution in [0.3, 0.4) is 0 Å². The molecule has 1 aliphatic carbocycles. The molecular weight excluding hydrogens is 208 g/mol. The van der Waals surface area contributed by atoms with E-state index in [1.165, 1.54) is 64.3 Å². The van der Waals surface area contributed by atoms with Gasteiger partial charge in [0, 0.05) is 24.7 Å². The Labute approximate surface area is 106 Å². The van der Waals surface area contributed by atoms with Crippen LogP contribution in [0, 0.1) is 5.41 Å². The molecule has 2 aliphatic heterocycles. The van der Waals surface area contributed by atoms with Gasteiger partial charge in [-0.3, -0.25) is 4.90 Å². The van der Waals surface area contributed by atoms with Crippen LogP contribution < -0.4 is 5.73 Å². The first-order valence-electron chi connectivity index (χ1n) is 7.74. The highest BCUT2D eigenvalue weighted by Gasteiger charge is 2.43. The van der Waals surface area contributed by atoms with Gasteiger partial charge >= 0.3 is 0 Å². The number of hydrogen-bond donors (Lipinski definition) is 1. The molecule has 0 amide bonds. The van der Waals surface area contributed by atoms with E-state index in [1.54, 1.807) is 0 Å². The molecule has 2 bridgehead atoms. The van der Waals surface area contributed by atoms with E-state index >= 15 is 0 Å². The third-order valence-electron chi connectivity index (χ3n) is 5.85. The summed E-state index contributed by atoms with van der Waals surface area (Å²) in [5.41, 5.74) is 6.83. The van der Waals surface area contributed by atoms with Crippen molar-refractivity contribution in [1.29, 1.82) is 0 Å². The van der Waals surface area contributed by atoms with Gasteiger partial charge in [0.25, 0.3) is 0 Å². The zero-order chi connectivity index (χ0) is 11.9. The molecule has 0 aromatic carbocycles. The van der Waals surface area contributed by atoms with Gasteiger partial charge in [-0.1, -0.05) is 19.8 Å². The third kappa shape index (κ3) is 2.15. The minimum atomic E-state index is 0.491. The number of nitrogens with zero attached hydrogens (tertiary/aromatic N) is 1. The molecule has 2 atom stereocenters. The van der Waals surface area contributed by atoms with Crippen LogP contribution >= 0.6 is 0 Å². The van der Waals surface area contributed by atoms with E-state index in [2.05, 4.69) is 11.8 Å². The fraction of sp³-hybridized carbons (Fsp3) is 1.00. The second-order valence-electron chi connectivity index (χ2n) is 6.85. The molecule has 1 saturated carbocycles. The molecule has 2 N–H and O–H groups in total. The SMILES string of the molecule is CCC1(CN2C3CCC2CC(N)C3)CCCC1. The standard InChI is InChI=1S/C15H28N2/c1-2-15(7-3-4-8-15)11-17-13-5-6-14(17)10-12(16)9-13/h12-14H,2-11,16H2,1H3. The van der Waals surface area contributed by atoms with Crippen LogP contribution in [-0.2, 0) is 0 Å². The normalized spacial score (nSPS) is 40.9. The molecule has 2 nitrogen and oxygen atoms in total. The summed E-state index contributed by atoms with van der Waals surface area (Å²) >= 11 is 0. The first-order valence-corrected chi connectivity index (χ1v) is 7.74. The largest absolute Gasteiger partial charge is 0.328 e. The van der Waals surface area contributed by atoms with Crippen LogP contribution in [0.1, 0.15) is 64.7 Å². The lowest BCUT2D eigenvalue weighted by molar-refractivity contribution is 0.0660. The Morgan fingerprint density at radius 1 is 1.12 bits per heavy atom. The summed E-state index contributed by atoms with van der Waals surface area (Å²) in [6, 6.07) is 2.14. The van der Waals surface area contributed by atoms with Gasteiger partial charge in [-0.15, -0.1) is 0 Å². The highest BCUT2D eigenvalue weighted by molar-refractivity contribution is 4.99. The van der Waals surface area contributed by atoms with Crippen molar-refractivity contribution in [2.75, 3.05) is 6.54 Å². The highest BCUT2D eigenvalue weighted by atomic mass is 15.2. The minimum absolute atomic E-state index is 0.491. The number of nitrogens with two attached hydrogens (primary N) is 1. The maximum absolute atomic E-state index is 6.16. The molecule has 3 aliphatic rings. The van der Waals surface area contributed by atoms with Gasteiger partial charge in [0.2, 0.25) is 0 Å². The van der Waals surface area contributed by atoms with Crippen molar-refractivity contribution in [1.82, 2.24) is 4.90 Å². The molecule has 2 saturated heterocycles. The summed E-state index contributed by atoms with van der Waals surface area (Å²) in [4.78, 5) is 2.86. The Kier molecular flexibility index (Phi) is 3.20. The molecule has 98 valence electrons. The smallest absolute Gasteiger partial charge is 0.0114 e. The monoisotopic (exact) mass is 236 g/mol. The van der Waals surface area contributed by atoms with E-state index in [-0.39, 0.29) is 0 Å². The maximum Gasteiger partial charge on any atom is 0.0114 e. The average molecular weight is 236 g/mol. The predicted octanol–water partition coefficient (Wildman–Crippen LogP) is 2.91. The molecular formula is C15H28N2. The average Bonchev–Trinajstić information content (AvgIpc) is 2.86. The minimum Gasteiger partial charge on any atom is -0.328 e. The molecule has 3 rings (SSSR count). The third-order valence-corrected chi connectivity index (χ3v) is 5.85. The molecule has 3 fully saturated rings. The van der Waals surface area contributed by atoms with E-state index in [9.17, 15) is 0 Å². The Morgan fingerprint density at radius 2 is 1.71 bits per heavy atom. The molecule has 17 heavy (non-hydrogen) atoms. The summed E-state index contributed by atoms with van der Waals surface area (Å²) in [5, 5.41) is 0. The quantitative estimate of drug-likeness (QED) is 0.816. The van der Waals surface area contributed by atoms with Crippen molar-refractivity contribution < 1.29 is 0 Å². The van der Waals surface area contributed by atoms with Crippen LogP contribution in [0.25, 0.3) is 0 Å². The van der Waals surface area contributed by atoms with Gasteiger partial charge in [-0.05, 0) is 50.4 Å². The molecule has 0 spiro atoms. The zero-order valence-corrected chi connectivity index (χ0v) is 11.3. The van der Waals surface area contributed by atoms with Gasteiger partial charge in [0.15, 0.2) is 0 Å². The fourth-order valence-corrected chi connectivity index (χ4v) is 4.71. The first kappa shape index (κ1) is 12.0. The van der Waals surface area contributed by atoms with Crippen molar-refractivity contribution in [2.24, 2.45) is 11.1 Å². The van der Waals surface area contributed by atoms with Crippen LogP contribution in [0.5, 0.6) is 0 Å². The van der Waals surface area contributed by atoms with Crippen LogP contribution in [0.2, 0.25) is 0 Å². The highest BCUT2D eigenvalue weighted by Crippen LogP contribution is 2.45. The van der Waals surface area contributed by atoms with Gasteiger partial charge in [-0.2, -0.15) is 0 Å². The lowest BCUT2D eigenvalue weighted by Gasteiger charge is -2.43. The van der Waals surface area contributed by atoms with E-state index in [1.807, 2.05) is 0 Å². The molecule has 0 aromatic rings. The van der Waals surface area contributed by atoms with Crippen molar-refractivity contribution in [3.8, 4) is 0 Å². The van der Waals surface area contributed by atoms with Crippen molar-refractivity contribution in [3.63, 3.8) is 0 Å². The molecule has 0 radical (unpaired) electrons. The van der Waals surface area contributed by atoms with E-state index < -0.39 is 0 Å². The van der Waals surface area contributed by atoms with Gasteiger partial charge in [0.1, 0.15) is 0 Å². The molecule has 0 aromatic heterocycles. The Morgan fingerprint density at radius 3 is 2.24 bits per heavy atom. The molecule has 2 heteroatoms. The molecule has 2 unspecified atom stereocenters. The predicted molar refractivity (Wildman–Crippen MR) is 71.9 cm³/mol. The Balaban J connectivity index is 1.69. The zero-order valence-electron chi connectivity index (χ0n) is 11.3. The lowest BCUT2D eigenvalue weighted by Crippen LogP contribution is -2.50. The van der Waals surface area contributed by atoms with E-state index in [4.69, 9.17) is 5.73 Å². The second-order valence-corrected chi connectivity index (χ2v) is 6.85. The summed E-state index contributed by atoms with van der Waals surface area (Å²) < 4.78 is 0. The summed E-state index contributed by atoms with van der Waals surface area (Å²) in [7, 11) is 0. The van der Waals surface area contributed by atoms with Crippen LogP contribution in [0.15, 0.2) is 0 Å². The van der Waals surface area contributed by atoms with Crippen molar-refractivity contribution in [3.05, 3.63) is 0 Å². The summed E-state index contributed by atoms with van der Waals surface area (Å²) in [6.07, 6.45) is 12.6. The Hall–Kier alpha value is -0.0800. The Bertz CT molecular complexity index is 256. The number of hydrogen-bond acceptors (Lipinski definition) is 2. The van der Waals surface area contributed by atoms with E-state index in [0.29, 0.717) is 11.5 Å². The first-order chi connectivity index (χ1) is 8.22. The maximum atomic E-state index is 6.16. The fourth-order valence-electron chi connectivity index (χ4n) is 4.71. The number of rotatable bonds is 3. The number of fused-ring (bicyclic) bond motifs is 2. The topological polar surface area (TPSA) is 29.3 Å².